The summed E-state index contributed by atoms with van der Waals surface area (Å²) in [4.78, 5) is 2.57. The molecular formula is C15H16O2S. The van der Waals surface area contributed by atoms with Crippen LogP contribution >= 0.6 is 11.3 Å². The van der Waals surface area contributed by atoms with E-state index in [9.17, 15) is 5.11 Å². The summed E-state index contributed by atoms with van der Waals surface area (Å²) in [5, 5.41) is 10.2. The van der Waals surface area contributed by atoms with E-state index in [1.165, 1.54) is 15.3 Å². The summed E-state index contributed by atoms with van der Waals surface area (Å²) in [6, 6.07) is 9.91. The van der Waals surface area contributed by atoms with Gasteiger partial charge in [0.1, 0.15) is 11.9 Å². The highest BCUT2D eigenvalue weighted by Gasteiger charge is 2.29. The zero-order valence-electron chi connectivity index (χ0n) is 10.5. The molecule has 1 N–H and O–H groups in total. The molecule has 1 aromatic carbocycles. The third kappa shape index (κ3) is 1.93. The summed E-state index contributed by atoms with van der Waals surface area (Å²) >= 11 is 1.78. The topological polar surface area (TPSA) is 29.5 Å². The number of hydrogen-bond acceptors (Lipinski definition) is 3. The van der Waals surface area contributed by atoms with Crippen molar-refractivity contribution in [2.24, 2.45) is 0 Å². The summed E-state index contributed by atoms with van der Waals surface area (Å²) in [5.74, 6) is 0.810. The third-order valence-corrected chi connectivity index (χ3v) is 4.39. The maximum Gasteiger partial charge on any atom is 0.128 e. The quantitative estimate of drug-likeness (QED) is 0.842. The fourth-order valence-electron chi connectivity index (χ4n) is 2.55. The number of aliphatic hydroxyl groups excluding tert-OH is 1. The van der Waals surface area contributed by atoms with Crippen molar-refractivity contribution in [3.63, 3.8) is 0 Å². The summed E-state index contributed by atoms with van der Waals surface area (Å²) in [6.07, 6.45) is 0.174. The summed E-state index contributed by atoms with van der Waals surface area (Å²) in [5.41, 5.74) is 2.12. The molecule has 0 aliphatic carbocycles. The van der Waals surface area contributed by atoms with Gasteiger partial charge in [-0.25, -0.2) is 0 Å². The van der Waals surface area contributed by atoms with Crippen LogP contribution in [0.4, 0.5) is 0 Å². The predicted octanol–water partition coefficient (Wildman–Crippen LogP) is 3.92. The van der Waals surface area contributed by atoms with E-state index in [0.717, 1.165) is 11.3 Å². The lowest BCUT2D eigenvalue weighted by atomic mass is 9.95. The Morgan fingerprint density at radius 2 is 2.00 bits per heavy atom. The van der Waals surface area contributed by atoms with E-state index in [2.05, 4.69) is 19.9 Å². The minimum Gasteiger partial charge on any atom is -0.485 e. The standard InChI is InChI=1S/C15H16O2S/c1-9-7-12(10(2)18-9)15-8-13(16)11-5-3-4-6-14(11)17-15/h3-7,13,15-16H,8H2,1-2H3/t13-,15?/m1/s1. The van der Waals surface area contributed by atoms with Crippen molar-refractivity contribution in [1.29, 1.82) is 0 Å². The van der Waals surface area contributed by atoms with Crippen LogP contribution in [0.1, 0.15) is 39.5 Å². The monoisotopic (exact) mass is 260 g/mol. The molecule has 0 radical (unpaired) electrons. The lowest BCUT2D eigenvalue weighted by molar-refractivity contribution is 0.0657. The Morgan fingerprint density at radius 1 is 1.22 bits per heavy atom. The molecule has 2 heterocycles. The highest BCUT2D eigenvalue weighted by molar-refractivity contribution is 7.12. The molecule has 0 bridgehead atoms. The summed E-state index contributed by atoms with van der Waals surface area (Å²) in [6.45, 7) is 4.22. The molecule has 0 saturated heterocycles. The molecule has 1 unspecified atom stereocenters. The van der Waals surface area contributed by atoms with E-state index in [1.807, 2.05) is 24.3 Å². The van der Waals surface area contributed by atoms with Crippen LogP contribution in [0.2, 0.25) is 0 Å². The maximum atomic E-state index is 10.2. The first kappa shape index (κ1) is 11.8. The van der Waals surface area contributed by atoms with E-state index in [0.29, 0.717) is 6.42 Å². The van der Waals surface area contributed by atoms with E-state index in [4.69, 9.17) is 4.74 Å². The Labute approximate surface area is 111 Å². The smallest absolute Gasteiger partial charge is 0.128 e. The number of thiophene rings is 1. The third-order valence-electron chi connectivity index (χ3n) is 3.41. The zero-order chi connectivity index (χ0) is 12.7. The number of benzene rings is 1. The van der Waals surface area contributed by atoms with Gasteiger partial charge in [-0.1, -0.05) is 18.2 Å². The number of ether oxygens (including phenoxy) is 1. The zero-order valence-corrected chi connectivity index (χ0v) is 11.3. The number of hydrogen-bond donors (Lipinski definition) is 1. The lowest BCUT2D eigenvalue weighted by Crippen LogP contribution is -2.19. The molecule has 2 atom stereocenters. The normalized spacial score (nSPS) is 22.4. The average Bonchev–Trinajstić information content (AvgIpc) is 2.68. The van der Waals surface area contributed by atoms with Crippen molar-refractivity contribution in [2.75, 3.05) is 0 Å². The fraction of sp³-hybridized carbons (Fsp3) is 0.333. The maximum absolute atomic E-state index is 10.2. The highest BCUT2D eigenvalue weighted by Crippen LogP contribution is 2.42. The number of fused-ring (bicyclic) bond motifs is 1. The van der Waals surface area contributed by atoms with Gasteiger partial charge in [-0.2, -0.15) is 0 Å². The van der Waals surface area contributed by atoms with Gasteiger partial charge in [0.15, 0.2) is 0 Å². The van der Waals surface area contributed by atoms with Crippen LogP contribution < -0.4 is 4.74 Å². The summed E-state index contributed by atoms with van der Waals surface area (Å²) in [7, 11) is 0. The SMILES string of the molecule is Cc1cc(C2C[C@@H](O)c3ccccc3O2)c(C)s1. The van der Waals surface area contributed by atoms with Gasteiger partial charge in [-0.15, -0.1) is 11.3 Å². The first-order valence-corrected chi connectivity index (χ1v) is 6.97. The fourth-order valence-corrected chi connectivity index (χ4v) is 3.53. The van der Waals surface area contributed by atoms with Gasteiger partial charge in [0.25, 0.3) is 0 Å². The first-order chi connectivity index (χ1) is 8.65. The molecule has 0 amide bonds. The Kier molecular flexibility index (Phi) is 2.88. The average molecular weight is 260 g/mol. The second-order valence-corrected chi connectivity index (χ2v) is 6.22. The van der Waals surface area contributed by atoms with E-state index >= 15 is 0 Å². The van der Waals surface area contributed by atoms with Gasteiger partial charge < -0.3 is 9.84 Å². The second-order valence-electron chi connectivity index (χ2n) is 4.76. The molecule has 1 aliphatic rings. The highest BCUT2D eigenvalue weighted by atomic mass is 32.1. The van der Waals surface area contributed by atoms with Gasteiger partial charge in [0.05, 0.1) is 6.10 Å². The van der Waals surface area contributed by atoms with Gasteiger partial charge in [-0.05, 0) is 26.0 Å². The Bertz CT molecular complexity index is 574. The Balaban J connectivity index is 1.97. The number of para-hydroxylation sites is 1. The molecule has 3 rings (SSSR count). The molecule has 2 nitrogen and oxygen atoms in total. The van der Waals surface area contributed by atoms with Crippen LogP contribution in [0.3, 0.4) is 0 Å². The molecule has 94 valence electrons. The number of rotatable bonds is 1. The molecule has 1 aromatic heterocycles. The lowest BCUT2D eigenvalue weighted by Gasteiger charge is -2.29. The molecule has 18 heavy (non-hydrogen) atoms. The molecule has 0 spiro atoms. The Hall–Kier alpha value is -1.32. The van der Waals surface area contributed by atoms with Gasteiger partial charge in [-0.3, -0.25) is 0 Å². The molecule has 3 heteroatoms. The molecule has 0 saturated carbocycles. The minimum atomic E-state index is -0.431. The Morgan fingerprint density at radius 3 is 2.72 bits per heavy atom. The van der Waals surface area contributed by atoms with Crippen molar-refractivity contribution in [3.05, 3.63) is 51.2 Å². The molecule has 2 aromatic rings. The van der Waals surface area contributed by atoms with Crippen molar-refractivity contribution in [3.8, 4) is 5.75 Å². The van der Waals surface area contributed by atoms with Crippen LogP contribution in [0.25, 0.3) is 0 Å². The number of aryl methyl sites for hydroxylation is 2. The van der Waals surface area contributed by atoms with Gasteiger partial charge in [0, 0.05) is 27.3 Å². The second kappa shape index (κ2) is 4.41. The van der Waals surface area contributed by atoms with Crippen molar-refractivity contribution >= 4 is 11.3 Å². The largest absolute Gasteiger partial charge is 0.485 e. The van der Waals surface area contributed by atoms with Crippen molar-refractivity contribution < 1.29 is 9.84 Å². The molecule has 1 aliphatic heterocycles. The minimum absolute atomic E-state index is 0.0279. The van der Waals surface area contributed by atoms with Crippen molar-refractivity contribution in [2.45, 2.75) is 32.5 Å². The van der Waals surface area contributed by atoms with E-state index < -0.39 is 6.10 Å². The van der Waals surface area contributed by atoms with E-state index in [-0.39, 0.29) is 6.10 Å². The van der Waals surface area contributed by atoms with Crippen LogP contribution in [-0.2, 0) is 0 Å². The van der Waals surface area contributed by atoms with E-state index in [1.54, 1.807) is 11.3 Å². The van der Waals surface area contributed by atoms with Gasteiger partial charge in [0.2, 0.25) is 0 Å². The van der Waals surface area contributed by atoms with Gasteiger partial charge >= 0.3 is 0 Å². The molecular weight excluding hydrogens is 244 g/mol. The summed E-state index contributed by atoms with van der Waals surface area (Å²) < 4.78 is 6.03. The van der Waals surface area contributed by atoms with Crippen molar-refractivity contribution in [1.82, 2.24) is 0 Å². The first-order valence-electron chi connectivity index (χ1n) is 6.15. The number of aliphatic hydroxyl groups is 1. The van der Waals surface area contributed by atoms with Crippen LogP contribution in [0, 0.1) is 13.8 Å². The van der Waals surface area contributed by atoms with Crippen LogP contribution in [0.15, 0.2) is 30.3 Å². The molecule has 0 fully saturated rings. The van der Waals surface area contributed by atoms with Crippen LogP contribution in [-0.4, -0.2) is 5.11 Å². The van der Waals surface area contributed by atoms with Crippen LogP contribution in [0.5, 0.6) is 5.75 Å². The predicted molar refractivity (Wildman–Crippen MR) is 73.2 cm³/mol.